The standard InChI is InChI=1S/C12H16N4S2/c13-11-15-9(8-17-11)10-7-14-12(18-10)16-5-3-1-2-4-6-16/h7-8H,1-6H2,(H2,13,15). The van der Waals surface area contributed by atoms with Crippen molar-refractivity contribution in [3.8, 4) is 10.6 Å². The molecule has 2 N–H and O–H groups in total. The Hall–Kier alpha value is -1.14. The molecule has 0 aromatic carbocycles. The summed E-state index contributed by atoms with van der Waals surface area (Å²) in [7, 11) is 0. The maximum Gasteiger partial charge on any atom is 0.185 e. The maximum atomic E-state index is 5.67. The summed E-state index contributed by atoms with van der Waals surface area (Å²) in [6.07, 6.45) is 7.16. The number of nitrogens with two attached hydrogens (primary N) is 1. The summed E-state index contributed by atoms with van der Waals surface area (Å²) in [5.41, 5.74) is 6.62. The average molecular weight is 280 g/mol. The van der Waals surface area contributed by atoms with Gasteiger partial charge in [0.2, 0.25) is 0 Å². The first-order valence-electron chi connectivity index (χ1n) is 6.25. The predicted octanol–water partition coefficient (Wildman–Crippen LogP) is 3.23. The minimum absolute atomic E-state index is 0.620. The Balaban J connectivity index is 1.80. The van der Waals surface area contributed by atoms with Crippen molar-refractivity contribution in [2.45, 2.75) is 25.7 Å². The minimum Gasteiger partial charge on any atom is -0.375 e. The van der Waals surface area contributed by atoms with Crippen molar-refractivity contribution < 1.29 is 0 Å². The molecule has 6 heteroatoms. The van der Waals surface area contributed by atoms with Crippen molar-refractivity contribution in [1.29, 1.82) is 0 Å². The molecule has 3 heterocycles. The number of anilines is 2. The van der Waals surface area contributed by atoms with Crippen LogP contribution in [0, 0.1) is 0 Å². The third kappa shape index (κ3) is 2.49. The van der Waals surface area contributed by atoms with Crippen molar-refractivity contribution >= 4 is 32.9 Å². The molecule has 3 rings (SSSR count). The van der Waals surface area contributed by atoms with Gasteiger partial charge in [0.1, 0.15) is 0 Å². The Kier molecular flexibility index (Phi) is 3.47. The van der Waals surface area contributed by atoms with Gasteiger partial charge < -0.3 is 10.6 Å². The molecular formula is C12H16N4S2. The molecule has 0 radical (unpaired) electrons. The van der Waals surface area contributed by atoms with Crippen molar-refractivity contribution in [1.82, 2.24) is 9.97 Å². The lowest BCUT2D eigenvalue weighted by molar-refractivity contribution is 0.726. The monoisotopic (exact) mass is 280 g/mol. The summed E-state index contributed by atoms with van der Waals surface area (Å²) < 4.78 is 0. The zero-order valence-corrected chi connectivity index (χ0v) is 11.8. The van der Waals surface area contributed by atoms with Crippen LogP contribution in [-0.4, -0.2) is 23.1 Å². The Labute approximate surface area is 114 Å². The number of hydrogen-bond donors (Lipinski definition) is 1. The van der Waals surface area contributed by atoms with E-state index in [0.29, 0.717) is 5.13 Å². The van der Waals surface area contributed by atoms with Crippen LogP contribution in [0.15, 0.2) is 11.6 Å². The predicted molar refractivity (Wildman–Crippen MR) is 78.3 cm³/mol. The molecule has 96 valence electrons. The van der Waals surface area contributed by atoms with Crippen molar-refractivity contribution in [3.05, 3.63) is 11.6 Å². The number of nitrogen functional groups attached to an aromatic ring is 1. The molecule has 1 fully saturated rings. The van der Waals surface area contributed by atoms with E-state index in [-0.39, 0.29) is 0 Å². The molecular weight excluding hydrogens is 264 g/mol. The Morgan fingerprint density at radius 1 is 1.17 bits per heavy atom. The van der Waals surface area contributed by atoms with Crippen molar-refractivity contribution in [2.75, 3.05) is 23.7 Å². The highest BCUT2D eigenvalue weighted by atomic mass is 32.1. The van der Waals surface area contributed by atoms with E-state index in [1.807, 2.05) is 11.6 Å². The highest BCUT2D eigenvalue weighted by molar-refractivity contribution is 7.19. The summed E-state index contributed by atoms with van der Waals surface area (Å²) in [5.74, 6) is 0. The highest BCUT2D eigenvalue weighted by Crippen LogP contribution is 2.33. The molecule has 0 atom stereocenters. The fourth-order valence-electron chi connectivity index (χ4n) is 2.19. The first-order valence-corrected chi connectivity index (χ1v) is 7.95. The van der Waals surface area contributed by atoms with Gasteiger partial charge in [0.15, 0.2) is 10.3 Å². The molecule has 0 bridgehead atoms. The molecule has 0 amide bonds. The molecule has 0 aliphatic carbocycles. The van der Waals surface area contributed by atoms with Crippen LogP contribution < -0.4 is 10.6 Å². The lowest BCUT2D eigenvalue weighted by Gasteiger charge is -2.18. The normalized spacial score (nSPS) is 16.8. The Morgan fingerprint density at radius 3 is 2.61 bits per heavy atom. The zero-order chi connectivity index (χ0) is 12.4. The molecule has 1 aliphatic rings. The second-order valence-corrected chi connectivity index (χ2v) is 6.38. The van der Waals surface area contributed by atoms with E-state index in [1.165, 1.54) is 37.0 Å². The first-order chi connectivity index (χ1) is 8.83. The van der Waals surface area contributed by atoms with Gasteiger partial charge in [-0.05, 0) is 12.8 Å². The fourth-order valence-corrected chi connectivity index (χ4v) is 3.76. The summed E-state index contributed by atoms with van der Waals surface area (Å²) in [6, 6.07) is 0. The van der Waals surface area contributed by atoms with Crippen LogP contribution in [0.3, 0.4) is 0 Å². The average Bonchev–Trinajstić information content (AvgIpc) is 2.92. The van der Waals surface area contributed by atoms with Gasteiger partial charge in [0.05, 0.1) is 10.6 Å². The zero-order valence-electron chi connectivity index (χ0n) is 10.1. The van der Waals surface area contributed by atoms with Crippen LogP contribution in [0.2, 0.25) is 0 Å². The van der Waals surface area contributed by atoms with Crippen molar-refractivity contribution in [2.24, 2.45) is 0 Å². The highest BCUT2D eigenvalue weighted by Gasteiger charge is 2.14. The van der Waals surface area contributed by atoms with E-state index in [4.69, 9.17) is 5.73 Å². The lowest BCUT2D eigenvalue weighted by Crippen LogP contribution is -2.23. The van der Waals surface area contributed by atoms with Crippen LogP contribution >= 0.6 is 22.7 Å². The van der Waals surface area contributed by atoms with Gasteiger partial charge in [-0.2, -0.15) is 0 Å². The second kappa shape index (κ2) is 5.24. The van der Waals surface area contributed by atoms with E-state index in [1.54, 1.807) is 11.3 Å². The number of aromatic nitrogens is 2. The quantitative estimate of drug-likeness (QED) is 0.917. The molecule has 0 unspecified atom stereocenters. The summed E-state index contributed by atoms with van der Waals surface area (Å²) in [4.78, 5) is 12.4. The largest absolute Gasteiger partial charge is 0.375 e. The van der Waals surface area contributed by atoms with Crippen LogP contribution in [0.5, 0.6) is 0 Å². The van der Waals surface area contributed by atoms with E-state index in [2.05, 4.69) is 14.9 Å². The molecule has 2 aromatic heterocycles. The summed E-state index contributed by atoms with van der Waals surface area (Å²) in [5, 5.41) is 3.74. The van der Waals surface area contributed by atoms with Gasteiger partial charge >= 0.3 is 0 Å². The van der Waals surface area contributed by atoms with Gasteiger partial charge in [-0.3, -0.25) is 0 Å². The smallest absolute Gasteiger partial charge is 0.185 e. The maximum absolute atomic E-state index is 5.67. The van der Waals surface area contributed by atoms with E-state index in [0.717, 1.165) is 28.8 Å². The Morgan fingerprint density at radius 2 is 1.94 bits per heavy atom. The first kappa shape index (κ1) is 11.9. The molecule has 0 saturated carbocycles. The number of nitrogens with zero attached hydrogens (tertiary/aromatic N) is 3. The summed E-state index contributed by atoms with van der Waals surface area (Å²) in [6.45, 7) is 2.26. The topological polar surface area (TPSA) is 55.0 Å². The third-order valence-electron chi connectivity index (χ3n) is 3.14. The Bertz CT molecular complexity index is 512. The molecule has 0 spiro atoms. The van der Waals surface area contributed by atoms with E-state index < -0.39 is 0 Å². The van der Waals surface area contributed by atoms with E-state index >= 15 is 0 Å². The van der Waals surface area contributed by atoms with Gasteiger partial charge in [-0.15, -0.1) is 11.3 Å². The lowest BCUT2D eigenvalue weighted by atomic mass is 10.2. The van der Waals surface area contributed by atoms with Crippen LogP contribution in [0.25, 0.3) is 10.6 Å². The molecule has 1 aliphatic heterocycles. The van der Waals surface area contributed by atoms with Crippen LogP contribution in [0.1, 0.15) is 25.7 Å². The SMILES string of the molecule is Nc1nc(-c2cnc(N3CCCCCC3)s2)cs1. The fraction of sp³-hybridized carbons (Fsp3) is 0.500. The number of rotatable bonds is 2. The van der Waals surface area contributed by atoms with Gasteiger partial charge in [-0.1, -0.05) is 24.2 Å². The van der Waals surface area contributed by atoms with Crippen molar-refractivity contribution in [3.63, 3.8) is 0 Å². The van der Waals surface area contributed by atoms with Gasteiger partial charge in [0, 0.05) is 24.7 Å². The minimum atomic E-state index is 0.620. The molecule has 18 heavy (non-hydrogen) atoms. The summed E-state index contributed by atoms with van der Waals surface area (Å²) >= 11 is 3.20. The molecule has 4 nitrogen and oxygen atoms in total. The number of thiazole rings is 2. The van der Waals surface area contributed by atoms with Gasteiger partial charge in [0.25, 0.3) is 0 Å². The number of hydrogen-bond acceptors (Lipinski definition) is 6. The second-order valence-electron chi connectivity index (χ2n) is 4.48. The third-order valence-corrected chi connectivity index (χ3v) is 4.90. The van der Waals surface area contributed by atoms with Crippen LogP contribution in [-0.2, 0) is 0 Å². The molecule has 1 saturated heterocycles. The van der Waals surface area contributed by atoms with Crippen LogP contribution in [0.4, 0.5) is 10.3 Å². The molecule has 2 aromatic rings. The van der Waals surface area contributed by atoms with Gasteiger partial charge in [-0.25, -0.2) is 9.97 Å². The van der Waals surface area contributed by atoms with E-state index in [9.17, 15) is 0 Å².